The van der Waals surface area contributed by atoms with Crippen molar-refractivity contribution in [1.82, 2.24) is 4.90 Å². The smallest absolute Gasteiger partial charge is 0.311 e. The van der Waals surface area contributed by atoms with Crippen molar-refractivity contribution in [1.29, 1.82) is 0 Å². The Morgan fingerprint density at radius 3 is 1.68 bits per heavy atom. The monoisotopic (exact) mass is 457 g/mol. The molecule has 0 saturated carbocycles. The number of hydrogen-bond donors (Lipinski definition) is 0. The van der Waals surface area contributed by atoms with E-state index < -0.39 is 40.5 Å². The maximum absolute atomic E-state index is 12.8. The van der Waals surface area contributed by atoms with E-state index in [1.807, 2.05) is 0 Å². The molecule has 2 saturated heterocycles. The number of fused-ring (bicyclic) bond motifs is 1. The molecule has 31 heavy (non-hydrogen) atoms. The zero-order valence-corrected chi connectivity index (χ0v) is 21.3. The number of nitrogens with zero attached hydrogens (tertiary/aromatic N) is 1. The molecule has 0 aliphatic carbocycles. The fourth-order valence-corrected chi connectivity index (χ4v) is 4.43. The van der Waals surface area contributed by atoms with Crippen molar-refractivity contribution >= 4 is 29.7 Å². The second kappa shape index (κ2) is 9.30. The standard InChI is InChI=1S/C23H39NO6S/c1-21(2,3)18(25)28-15-12-24-10-11-31-13-14(24)16(29-19(26)22(4,5)6)17(15)30-20(27)23(7,8)9/h14-17H,10-13H2,1-9H3/t14-,15+,16-,17-/m1/s1. The van der Waals surface area contributed by atoms with E-state index in [-0.39, 0.29) is 18.0 Å². The molecule has 0 spiro atoms. The Morgan fingerprint density at radius 1 is 0.742 bits per heavy atom. The summed E-state index contributed by atoms with van der Waals surface area (Å²) in [5.74, 6) is 0.546. The van der Waals surface area contributed by atoms with E-state index in [0.29, 0.717) is 6.54 Å². The lowest BCUT2D eigenvalue weighted by Gasteiger charge is -2.49. The predicted octanol–water partition coefficient (Wildman–Crippen LogP) is 3.29. The second-order valence-corrected chi connectivity index (χ2v) is 12.7. The molecule has 0 bridgehead atoms. The molecule has 2 heterocycles. The summed E-state index contributed by atoms with van der Waals surface area (Å²) in [6, 6.07) is -0.104. The summed E-state index contributed by atoms with van der Waals surface area (Å²) < 4.78 is 17.8. The number of piperidine rings is 1. The lowest BCUT2D eigenvalue weighted by molar-refractivity contribution is -0.213. The van der Waals surface area contributed by atoms with E-state index in [1.165, 1.54) is 0 Å². The van der Waals surface area contributed by atoms with Gasteiger partial charge in [0.1, 0.15) is 0 Å². The number of hydrogen-bond acceptors (Lipinski definition) is 8. The first kappa shape index (κ1) is 26.0. The number of thioether (sulfide) groups is 1. The third-order valence-electron chi connectivity index (χ3n) is 5.35. The van der Waals surface area contributed by atoms with Crippen LogP contribution in [0.25, 0.3) is 0 Å². The minimum atomic E-state index is -0.857. The van der Waals surface area contributed by atoms with Gasteiger partial charge in [0.05, 0.1) is 22.3 Å². The van der Waals surface area contributed by atoms with Crippen LogP contribution in [-0.4, -0.2) is 71.8 Å². The zero-order chi connectivity index (χ0) is 23.8. The Labute approximate surface area is 190 Å². The van der Waals surface area contributed by atoms with Crippen molar-refractivity contribution in [2.24, 2.45) is 16.2 Å². The van der Waals surface area contributed by atoms with Gasteiger partial charge >= 0.3 is 17.9 Å². The molecule has 0 amide bonds. The summed E-state index contributed by atoms with van der Waals surface area (Å²) in [6.07, 6.45) is -2.28. The van der Waals surface area contributed by atoms with Crippen molar-refractivity contribution in [3.8, 4) is 0 Å². The maximum Gasteiger partial charge on any atom is 0.311 e. The largest absolute Gasteiger partial charge is 0.456 e. The summed E-state index contributed by atoms with van der Waals surface area (Å²) in [5, 5.41) is 0. The second-order valence-electron chi connectivity index (χ2n) is 11.6. The lowest BCUT2D eigenvalue weighted by atomic mass is 9.91. The van der Waals surface area contributed by atoms with E-state index in [1.54, 1.807) is 74.1 Å². The zero-order valence-electron chi connectivity index (χ0n) is 20.4. The van der Waals surface area contributed by atoms with Gasteiger partial charge in [-0.15, -0.1) is 0 Å². The van der Waals surface area contributed by atoms with E-state index in [2.05, 4.69) is 4.90 Å². The number of carbonyl (C=O) groups is 3. The van der Waals surface area contributed by atoms with Crippen LogP contribution in [0.4, 0.5) is 0 Å². The average Bonchev–Trinajstić information content (AvgIpc) is 2.61. The first-order valence-electron chi connectivity index (χ1n) is 11.0. The van der Waals surface area contributed by atoms with E-state index >= 15 is 0 Å². The van der Waals surface area contributed by atoms with Crippen LogP contribution in [0.3, 0.4) is 0 Å². The van der Waals surface area contributed by atoms with Gasteiger partial charge in [-0.2, -0.15) is 11.8 Å². The van der Waals surface area contributed by atoms with Gasteiger partial charge in [0.25, 0.3) is 0 Å². The molecule has 0 aromatic heterocycles. The Morgan fingerprint density at radius 2 is 1.19 bits per heavy atom. The molecule has 0 radical (unpaired) electrons. The summed E-state index contributed by atoms with van der Waals surface area (Å²) in [7, 11) is 0. The Bertz CT molecular complexity index is 688. The SMILES string of the molecule is CC(C)(C)C(=O)O[C@H]1[C@H](OC(=O)C(C)(C)C)[C@H]2CSCCN2C[C@@H]1OC(=O)C(C)(C)C. The first-order valence-corrected chi connectivity index (χ1v) is 12.1. The molecule has 8 heteroatoms. The summed E-state index contributed by atoms with van der Waals surface area (Å²) in [4.78, 5) is 40.6. The van der Waals surface area contributed by atoms with Crippen LogP contribution in [0.15, 0.2) is 0 Å². The molecule has 2 rings (SSSR count). The van der Waals surface area contributed by atoms with Crippen LogP contribution in [-0.2, 0) is 28.6 Å². The van der Waals surface area contributed by atoms with Crippen molar-refractivity contribution < 1.29 is 28.6 Å². The molecule has 4 atom stereocenters. The number of ether oxygens (including phenoxy) is 3. The minimum Gasteiger partial charge on any atom is -0.456 e. The Kier molecular flexibility index (Phi) is 7.79. The van der Waals surface area contributed by atoms with Gasteiger partial charge < -0.3 is 14.2 Å². The average molecular weight is 458 g/mol. The highest BCUT2D eigenvalue weighted by Gasteiger charge is 2.52. The van der Waals surface area contributed by atoms with Crippen LogP contribution < -0.4 is 0 Å². The summed E-state index contributed by atoms with van der Waals surface area (Å²) in [6.45, 7) is 17.3. The molecule has 0 N–H and O–H groups in total. The topological polar surface area (TPSA) is 82.1 Å². The highest BCUT2D eigenvalue weighted by molar-refractivity contribution is 7.99. The molecule has 0 aromatic rings. The highest BCUT2D eigenvalue weighted by Crippen LogP contribution is 2.34. The van der Waals surface area contributed by atoms with Gasteiger partial charge in [0.2, 0.25) is 0 Å². The molecule has 7 nitrogen and oxygen atoms in total. The van der Waals surface area contributed by atoms with E-state index in [0.717, 1.165) is 18.1 Å². The number of carbonyl (C=O) groups excluding carboxylic acids is 3. The molecule has 2 fully saturated rings. The molecule has 178 valence electrons. The fourth-order valence-electron chi connectivity index (χ4n) is 3.26. The van der Waals surface area contributed by atoms with Crippen molar-refractivity contribution in [2.75, 3.05) is 24.6 Å². The molecule has 2 aliphatic rings. The third-order valence-corrected chi connectivity index (χ3v) is 6.39. The van der Waals surface area contributed by atoms with Crippen LogP contribution in [0.5, 0.6) is 0 Å². The van der Waals surface area contributed by atoms with E-state index in [4.69, 9.17) is 14.2 Å². The van der Waals surface area contributed by atoms with Crippen molar-refractivity contribution in [2.45, 2.75) is 86.7 Å². The Hall–Kier alpha value is -1.28. The molecule has 2 aliphatic heterocycles. The van der Waals surface area contributed by atoms with Gasteiger partial charge in [0, 0.05) is 24.6 Å². The van der Waals surface area contributed by atoms with Gasteiger partial charge in [0.15, 0.2) is 18.3 Å². The van der Waals surface area contributed by atoms with Crippen molar-refractivity contribution in [3.63, 3.8) is 0 Å². The fraction of sp³-hybridized carbons (Fsp3) is 0.870. The van der Waals surface area contributed by atoms with Crippen LogP contribution in [0.2, 0.25) is 0 Å². The molecular formula is C23H39NO6S. The summed E-state index contributed by atoms with van der Waals surface area (Å²) in [5.41, 5.74) is -2.15. The van der Waals surface area contributed by atoms with Gasteiger partial charge in [-0.05, 0) is 62.3 Å². The third kappa shape index (κ3) is 6.60. The normalized spacial score (nSPS) is 27.8. The lowest BCUT2D eigenvalue weighted by Crippen LogP contribution is -2.67. The first-order chi connectivity index (χ1) is 14.0. The number of esters is 3. The van der Waals surface area contributed by atoms with Crippen molar-refractivity contribution in [3.05, 3.63) is 0 Å². The summed E-state index contributed by atoms with van der Waals surface area (Å²) >= 11 is 1.78. The molecule has 0 aromatic carbocycles. The molecule has 0 unspecified atom stereocenters. The van der Waals surface area contributed by atoms with Gasteiger partial charge in [-0.1, -0.05) is 0 Å². The maximum atomic E-state index is 12.8. The predicted molar refractivity (Wildman–Crippen MR) is 121 cm³/mol. The van der Waals surface area contributed by atoms with Crippen LogP contribution >= 0.6 is 11.8 Å². The minimum absolute atomic E-state index is 0.104. The van der Waals surface area contributed by atoms with Gasteiger partial charge in [-0.3, -0.25) is 19.3 Å². The van der Waals surface area contributed by atoms with Crippen LogP contribution in [0, 0.1) is 16.2 Å². The van der Waals surface area contributed by atoms with E-state index in [9.17, 15) is 14.4 Å². The van der Waals surface area contributed by atoms with Gasteiger partial charge in [-0.25, -0.2) is 0 Å². The Balaban J connectivity index is 2.42. The number of rotatable bonds is 3. The molecular weight excluding hydrogens is 418 g/mol. The van der Waals surface area contributed by atoms with Crippen LogP contribution in [0.1, 0.15) is 62.3 Å². The highest BCUT2D eigenvalue weighted by atomic mass is 32.2. The quantitative estimate of drug-likeness (QED) is 0.472.